The average molecular weight is 521 g/mol. The highest BCUT2D eigenvalue weighted by Gasteiger charge is 2.31. The van der Waals surface area contributed by atoms with Crippen LogP contribution in [0.5, 0.6) is 0 Å². The number of nitrogens with zero attached hydrogens (tertiary/aromatic N) is 5. The lowest BCUT2D eigenvalue weighted by molar-refractivity contribution is 0.0390. The number of aromatic nitrogens is 2. The molecular weight excluding hydrogens is 492 g/mol. The Morgan fingerprint density at radius 3 is 2.84 bits per heavy atom. The Kier molecular flexibility index (Phi) is 7.08. The number of halogens is 1. The van der Waals surface area contributed by atoms with Gasteiger partial charge < -0.3 is 15.4 Å². The molecule has 192 valence electrons. The van der Waals surface area contributed by atoms with Crippen molar-refractivity contribution in [2.24, 2.45) is 10.7 Å². The summed E-state index contributed by atoms with van der Waals surface area (Å²) in [6.07, 6.45) is 2.28. The van der Waals surface area contributed by atoms with E-state index in [1.165, 1.54) is 4.90 Å². The molecule has 0 unspecified atom stereocenters. The number of pyridine rings is 2. The molecular formula is C27H29ClN6O3. The first-order chi connectivity index (χ1) is 17.9. The largest absolute Gasteiger partial charge is 0.449 e. The van der Waals surface area contributed by atoms with Gasteiger partial charge in [-0.15, -0.1) is 0 Å². The fourth-order valence-electron chi connectivity index (χ4n) is 4.70. The number of fused-ring (bicyclic) bond motifs is 2. The van der Waals surface area contributed by atoms with Crippen LogP contribution in [-0.2, 0) is 11.2 Å². The fourth-order valence-corrected chi connectivity index (χ4v) is 4.97. The van der Waals surface area contributed by atoms with Crippen LogP contribution in [0.15, 0.2) is 41.5 Å². The van der Waals surface area contributed by atoms with Crippen LogP contribution in [0.25, 0.3) is 22.2 Å². The number of carbonyl (C=O) groups excluding carboxylic acids is 2. The van der Waals surface area contributed by atoms with Crippen LogP contribution in [0, 0.1) is 0 Å². The topological polar surface area (TPSA) is 114 Å². The molecule has 10 heteroatoms. The van der Waals surface area contributed by atoms with Crippen LogP contribution < -0.4 is 5.73 Å². The van der Waals surface area contributed by atoms with Crippen molar-refractivity contribution in [2.45, 2.75) is 32.9 Å². The molecule has 9 nitrogen and oxygen atoms in total. The standard InChI is InChI=1S/C27H29ClN6O3/c1-3-10-37-27(36)34-9-8-33(15-25(34)29)26(35)17-4-5-19-21(28)13-23(32-24(19)12-17)18-11-20-16(2)30-7-6-22(20)31-14-18/h4-5,11-14,25H,3,6-10,15,29H2,1-2H3/t25-/m0/s1. The molecule has 3 aromatic rings. The molecule has 1 fully saturated rings. The van der Waals surface area contributed by atoms with E-state index in [1.807, 2.05) is 38.2 Å². The van der Waals surface area contributed by atoms with Crippen molar-refractivity contribution in [3.63, 3.8) is 0 Å². The first kappa shape index (κ1) is 25.1. The minimum atomic E-state index is -0.634. The van der Waals surface area contributed by atoms with Gasteiger partial charge in [0.1, 0.15) is 6.17 Å². The van der Waals surface area contributed by atoms with E-state index < -0.39 is 12.3 Å². The van der Waals surface area contributed by atoms with E-state index in [0.29, 0.717) is 41.5 Å². The molecule has 0 saturated carbocycles. The summed E-state index contributed by atoms with van der Waals surface area (Å²) >= 11 is 6.62. The Hall–Kier alpha value is -3.56. The second-order valence-corrected chi connectivity index (χ2v) is 9.69. The maximum atomic E-state index is 13.3. The zero-order valence-electron chi connectivity index (χ0n) is 20.9. The maximum absolute atomic E-state index is 13.3. The van der Waals surface area contributed by atoms with E-state index in [2.05, 4.69) is 9.98 Å². The highest BCUT2D eigenvalue weighted by Crippen LogP contribution is 2.30. The summed E-state index contributed by atoms with van der Waals surface area (Å²) in [6.45, 7) is 5.90. The van der Waals surface area contributed by atoms with E-state index in [9.17, 15) is 9.59 Å². The van der Waals surface area contributed by atoms with Crippen LogP contribution in [-0.4, -0.2) is 76.4 Å². The van der Waals surface area contributed by atoms with Gasteiger partial charge >= 0.3 is 6.09 Å². The quantitative estimate of drug-likeness (QED) is 0.558. The third kappa shape index (κ3) is 5.01. The molecule has 5 rings (SSSR count). The Morgan fingerprint density at radius 2 is 2.05 bits per heavy atom. The number of nitrogens with two attached hydrogens (primary N) is 1. The maximum Gasteiger partial charge on any atom is 0.411 e. The number of rotatable bonds is 4. The van der Waals surface area contributed by atoms with Crippen molar-refractivity contribution in [1.29, 1.82) is 0 Å². The van der Waals surface area contributed by atoms with Crippen LogP contribution >= 0.6 is 11.6 Å². The number of benzene rings is 1. The Morgan fingerprint density at radius 1 is 1.22 bits per heavy atom. The van der Waals surface area contributed by atoms with E-state index >= 15 is 0 Å². The van der Waals surface area contributed by atoms with Gasteiger partial charge in [-0.05, 0) is 37.6 Å². The molecule has 0 radical (unpaired) electrons. The third-order valence-electron chi connectivity index (χ3n) is 6.73. The zero-order valence-corrected chi connectivity index (χ0v) is 21.7. The summed E-state index contributed by atoms with van der Waals surface area (Å²) in [5.74, 6) is -0.176. The molecule has 1 aromatic carbocycles. The molecule has 1 atom stereocenters. The van der Waals surface area contributed by atoms with Crippen LogP contribution in [0.3, 0.4) is 0 Å². The fraction of sp³-hybridized carbons (Fsp3) is 0.370. The molecule has 2 aliphatic heterocycles. The second kappa shape index (κ2) is 10.4. The molecule has 0 aliphatic carbocycles. The molecule has 1 saturated heterocycles. The summed E-state index contributed by atoms with van der Waals surface area (Å²) < 4.78 is 5.20. The Labute approximate surface area is 220 Å². The van der Waals surface area contributed by atoms with E-state index in [4.69, 9.17) is 27.1 Å². The molecule has 4 heterocycles. The molecule has 2 N–H and O–H groups in total. The minimum Gasteiger partial charge on any atom is -0.449 e. The number of ether oxygens (including phenoxy) is 1. The van der Waals surface area contributed by atoms with Crippen molar-refractivity contribution in [3.8, 4) is 11.3 Å². The van der Waals surface area contributed by atoms with Gasteiger partial charge in [0.25, 0.3) is 5.91 Å². The number of hydrogen-bond donors (Lipinski definition) is 1. The van der Waals surface area contributed by atoms with Gasteiger partial charge in [-0.1, -0.05) is 24.6 Å². The van der Waals surface area contributed by atoms with E-state index in [1.54, 1.807) is 17.0 Å². The van der Waals surface area contributed by atoms with Crippen LogP contribution in [0.1, 0.15) is 41.9 Å². The summed E-state index contributed by atoms with van der Waals surface area (Å²) in [6, 6.07) is 9.17. The van der Waals surface area contributed by atoms with Crippen molar-refractivity contribution in [3.05, 3.63) is 58.4 Å². The first-order valence-corrected chi connectivity index (χ1v) is 12.8. The number of amides is 2. The molecule has 2 amide bonds. The summed E-state index contributed by atoms with van der Waals surface area (Å²) in [7, 11) is 0. The van der Waals surface area contributed by atoms with Crippen molar-refractivity contribution in [2.75, 3.05) is 32.8 Å². The lowest BCUT2D eigenvalue weighted by Gasteiger charge is -2.38. The lowest BCUT2D eigenvalue weighted by Crippen LogP contribution is -2.60. The van der Waals surface area contributed by atoms with Crippen molar-refractivity contribution < 1.29 is 14.3 Å². The van der Waals surface area contributed by atoms with Gasteiger partial charge in [0, 0.05) is 60.0 Å². The van der Waals surface area contributed by atoms with Gasteiger partial charge in [0.15, 0.2) is 0 Å². The van der Waals surface area contributed by atoms with E-state index in [0.717, 1.165) is 47.3 Å². The molecule has 0 spiro atoms. The zero-order chi connectivity index (χ0) is 26.1. The van der Waals surface area contributed by atoms with Crippen LogP contribution in [0.4, 0.5) is 4.79 Å². The van der Waals surface area contributed by atoms with Crippen molar-refractivity contribution in [1.82, 2.24) is 19.8 Å². The molecule has 37 heavy (non-hydrogen) atoms. The predicted octanol–water partition coefficient (Wildman–Crippen LogP) is 3.90. The van der Waals surface area contributed by atoms with Gasteiger partial charge in [0.2, 0.25) is 0 Å². The number of piperazine rings is 1. The van der Waals surface area contributed by atoms with Gasteiger partial charge in [0.05, 0.1) is 35.1 Å². The third-order valence-corrected chi connectivity index (χ3v) is 7.04. The first-order valence-electron chi connectivity index (χ1n) is 12.4. The van der Waals surface area contributed by atoms with Crippen LogP contribution in [0.2, 0.25) is 5.02 Å². The lowest BCUT2D eigenvalue weighted by atomic mass is 10.0. The van der Waals surface area contributed by atoms with Gasteiger partial charge in [-0.3, -0.25) is 19.7 Å². The Bertz CT molecular complexity index is 1410. The summed E-state index contributed by atoms with van der Waals surface area (Å²) in [5, 5.41) is 1.30. The average Bonchev–Trinajstić information content (AvgIpc) is 2.91. The summed E-state index contributed by atoms with van der Waals surface area (Å²) in [5.41, 5.74) is 11.8. The highest BCUT2D eigenvalue weighted by molar-refractivity contribution is 6.35. The highest BCUT2D eigenvalue weighted by atomic mass is 35.5. The minimum absolute atomic E-state index is 0.176. The van der Waals surface area contributed by atoms with E-state index in [-0.39, 0.29) is 12.5 Å². The summed E-state index contributed by atoms with van der Waals surface area (Å²) in [4.78, 5) is 42.6. The second-order valence-electron chi connectivity index (χ2n) is 9.28. The predicted molar refractivity (Wildman–Crippen MR) is 143 cm³/mol. The normalized spacial score (nSPS) is 17.4. The Balaban J connectivity index is 1.39. The van der Waals surface area contributed by atoms with Crippen molar-refractivity contribution >= 4 is 40.2 Å². The molecule has 2 aromatic heterocycles. The molecule has 0 bridgehead atoms. The number of hydrogen-bond acceptors (Lipinski definition) is 7. The SMILES string of the molecule is CCCOC(=O)N1CCN(C(=O)c2ccc3c(Cl)cc(-c4cnc5c(c4)C(C)=NCC5)nc3c2)C[C@H]1N. The monoisotopic (exact) mass is 520 g/mol. The van der Waals surface area contributed by atoms with Gasteiger partial charge in [-0.25, -0.2) is 9.78 Å². The van der Waals surface area contributed by atoms with Gasteiger partial charge in [-0.2, -0.15) is 0 Å². The number of aliphatic imine (C=N–C) groups is 1. The smallest absolute Gasteiger partial charge is 0.411 e. The molecule has 2 aliphatic rings. The number of carbonyl (C=O) groups is 2.